The van der Waals surface area contributed by atoms with Crippen molar-refractivity contribution in [1.82, 2.24) is 4.67 Å². The Bertz CT molecular complexity index is 284. The maximum Gasteiger partial charge on any atom is 0.433 e. The van der Waals surface area contributed by atoms with Crippen LogP contribution in [-0.2, 0) is 14.2 Å². The molecule has 0 aliphatic rings. The number of aliphatic hydroxyl groups excluding tert-OH is 1. The number of carboxylic acids is 1. The normalized spacial score (nSPS) is 13.4. The van der Waals surface area contributed by atoms with Crippen molar-refractivity contribution in [3.8, 4) is 0 Å². The van der Waals surface area contributed by atoms with Crippen molar-refractivity contribution in [2.45, 2.75) is 13.0 Å². The van der Waals surface area contributed by atoms with E-state index in [-0.39, 0.29) is 4.67 Å². The van der Waals surface area contributed by atoms with Crippen LogP contribution in [0.5, 0.6) is 0 Å². The van der Waals surface area contributed by atoms with Gasteiger partial charge in [0, 0.05) is 6.92 Å². The highest BCUT2D eigenvalue weighted by molar-refractivity contribution is 7.50. The van der Waals surface area contributed by atoms with E-state index in [9.17, 15) is 14.2 Å². The second-order valence-corrected chi connectivity index (χ2v) is 3.87. The molecule has 4 N–H and O–H groups in total. The Labute approximate surface area is 79.0 Å². The summed E-state index contributed by atoms with van der Waals surface area (Å²) in [7, 11) is -5.02. The van der Waals surface area contributed by atoms with Crippen LogP contribution in [0.4, 0.5) is 0 Å². The van der Waals surface area contributed by atoms with Gasteiger partial charge in [0.1, 0.15) is 0 Å². The van der Waals surface area contributed by atoms with Gasteiger partial charge in [-0.05, 0) is 0 Å². The van der Waals surface area contributed by atoms with Gasteiger partial charge in [-0.1, -0.05) is 0 Å². The van der Waals surface area contributed by atoms with Gasteiger partial charge in [-0.3, -0.25) is 4.79 Å². The van der Waals surface area contributed by atoms with E-state index < -0.39 is 32.3 Å². The van der Waals surface area contributed by atoms with Crippen molar-refractivity contribution >= 4 is 19.6 Å². The third-order valence-electron chi connectivity index (χ3n) is 1.36. The lowest BCUT2D eigenvalue weighted by atomic mass is 10.3. The highest BCUT2D eigenvalue weighted by atomic mass is 31.2. The Morgan fingerprint density at radius 1 is 1.43 bits per heavy atom. The standard InChI is InChI=1S/C5H10NO7P/c1-3(8)6(14(11,12)13)4(2-7)5(9)10/h4,7H,2H2,1H3,(H,9,10)(H2,11,12,13). The number of rotatable bonds is 4. The average Bonchev–Trinajstić information content (AvgIpc) is 1.95. The molecular weight excluding hydrogens is 217 g/mol. The number of carbonyl (C=O) groups excluding carboxylic acids is 1. The molecule has 9 heteroatoms. The van der Waals surface area contributed by atoms with E-state index in [0.29, 0.717) is 0 Å². The molecule has 0 aliphatic carbocycles. The monoisotopic (exact) mass is 227 g/mol. The lowest BCUT2D eigenvalue weighted by molar-refractivity contribution is -0.147. The van der Waals surface area contributed by atoms with E-state index in [4.69, 9.17) is 20.0 Å². The second-order valence-electron chi connectivity index (χ2n) is 2.41. The average molecular weight is 227 g/mol. The first-order valence-corrected chi connectivity index (χ1v) is 4.97. The number of amides is 1. The first kappa shape index (κ1) is 13.1. The zero-order chi connectivity index (χ0) is 11.5. The van der Waals surface area contributed by atoms with Crippen LogP contribution >= 0.6 is 7.75 Å². The third-order valence-corrected chi connectivity index (χ3v) is 2.48. The zero-order valence-corrected chi connectivity index (χ0v) is 8.09. The number of hydrogen-bond donors (Lipinski definition) is 4. The van der Waals surface area contributed by atoms with E-state index in [1.165, 1.54) is 0 Å². The summed E-state index contributed by atoms with van der Waals surface area (Å²) in [5, 5.41) is 17.0. The molecule has 14 heavy (non-hydrogen) atoms. The Morgan fingerprint density at radius 3 is 1.93 bits per heavy atom. The first-order chi connectivity index (χ1) is 6.21. The Morgan fingerprint density at radius 2 is 1.86 bits per heavy atom. The Balaban J connectivity index is 5.10. The van der Waals surface area contributed by atoms with E-state index in [1.807, 2.05) is 0 Å². The quantitative estimate of drug-likeness (QED) is 0.423. The fourth-order valence-corrected chi connectivity index (χ4v) is 1.75. The van der Waals surface area contributed by atoms with Crippen LogP contribution in [0.1, 0.15) is 6.92 Å². The van der Waals surface area contributed by atoms with E-state index in [2.05, 4.69) is 0 Å². The number of aliphatic hydroxyl groups is 1. The summed E-state index contributed by atoms with van der Waals surface area (Å²) in [5.41, 5.74) is 0. The highest BCUT2D eigenvalue weighted by Crippen LogP contribution is 2.41. The van der Waals surface area contributed by atoms with Crippen LogP contribution in [0.25, 0.3) is 0 Å². The molecule has 1 atom stereocenters. The summed E-state index contributed by atoms with van der Waals surface area (Å²) in [6.07, 6.45) is 0. The summed E-state index contributed by atoms with van der Waals surface area (Å²) < 4.78 is 10.5. The fourth-order valence-electron chi connectivity index (χ4n) is 0.845. The van der Waals surface area contributed by atoms with Crippen LogP contribution in [0.15, 0.2) is 0 Å². The molecular formula is C5H10NO7P. The molecule has 0 saturated heterocycles. The van der Waals surface area contributed by atoms with Crippen molar-refractivity contribution in [3.63, 3.8) is 0 Å². The van der Waals surface area contributed by atoms with E-state index in [0.717, 1.165) is 6.92 Å². The second kappa shape index (κ2) is 4.52. The molecule has 0 heterocycles. The van der Waals surface area contributed by atoms with Crippen LogP contribution in [-0.4, -0.2) is 49.2 Å². The van der Waals surface area contributed by atoms with Gasteiger partial charge in [0.05, 0.1) is 6.61 Å². The third kappa shape index (κ3) is 3.08. The minimum absolute atomic E-state index is 0.171. The van der Waals surface area contributed by atoms with Gasteiger partial charge in [-0.2, -0.15) is 0 Å². The molecule has 0 aliphatic heterocycles. The summed E-state index contributed by atoms with van der Waals surface area (Å²) in [6, 6.07) is -1.94. The molecule has 0 saturated carbocycles. The molecule has 0 bridgehead atoms. The maximum absolute atomic E-state index is 10.8. The Hall–Kier alpha value is -0.950. The number of nitrogens with zero attached hydrogens (tertiary/aromatic N) is 1. The molecule has 82 valence electrons. The van der Waals surface area contributed by atoms with Gasteiger partial charge in [0.25, 0.3) is 0 Å². The minimum atomic E-state index is -5.02. The van der Waals surface area contributed by atoms with Gasteiger partial charge in [-0.15, -0.1) is 0 Å². The van der Waals surface area contributed by atoms with Gasteiger partial charge in [-0.25, -0.2) is 14.0 Å². The maximum atomic E-state index is 10.8. The van der Waals surface area contributed by atoms with Crippen molar-refractivity contribution in [1.29, 1.82) is 0 Å². The summed E-state index contributed by atoms with van der Waals surface area (Å²) in [4.78, 5) is 38.5. The molecule has 0 aromatic heterocycles. The lowest BCUT2D eigenvalue weighted by Crippen LogP contribution is -2.44. The van der Waals surface area contributed by atoms with Crippen molar-refractivity contribution in [2.75, 3.05) is 6.61 Å². The minimum Gasteiger partial charge on any atom is -0.480 e. The van der Waals surface area contributed by atoms with Crippen LogP contribution in [0, 0.1) is 0 Å². The van der Waals surface area contributed by atoms with Gasteiger partial charge >= 0.3 is 13.7 Å². The van der Waals surface area contributed by atoms with E-state index >= 15 is 0 Å². The topological polar surface area (TPSA) is 135 Å². The van der Waals surface area contributed by atoms with Gasteiger partial charge < -0.3 is 20.0 Å². The number of carbonyl (C=O) groups is 2. The summed E-state index contributed by atoms with van der Waals surface area (Å²) in [6.45, 7) is -0.273. The molecule has 1 unspecified atom stereocenters. The highest BCUT2D eigenvalue weighted by Gasteiger charge is 2.38. The summed E-state index contributed by atoms with van der Waals surface area (Å²) >= 11 is 0. The Kier molecular flexibility index (Phi) is 4.21. The SMILES string of the molecule is CC(=O)N(C(CO)C(=O)O)P(=O)(O)O. The molecule has 0 fully saturated rings. The lowest BCUT2D eigenvalue weighted by Gasteiger charge is -2.26. The zero-order valence-electron chi connectivity index (χ0n) is 7.19. The number of carboxylic acid groups (broad SMARTS) is 1. The van der Waals surface area contributed by atoms with Crippen molar-refractivity contribution in [2.24, 2.45) is 0 Å². The first-order valence-electron chi connectivity index (χ1n) is 3.41. The molecule has 0 spiro atoms. The molecule has 8 nitrogen and oxygen atoms in total. The van der Waals surface area contributed by atoms with Gasteiger partial charge in [0.15, 0.2) is 6.04 Å². The van der Waals surface area contributed by atoms with Crippen LogP contribution < -0.4 is 0 Å². The van der Waals surface area contributed by atoms with Crippen LogP contribution in [0.2, 0.25) is 0 Å². The van der Waals surface area contributed by atoms with Gasteiger partial charge in [0.2, 0.25) is 5.91 Å². The molecule has 0 rings (SSSR count). The molecule has 0 radical (unpaired) electrons. The molecule has 0 aromatic rings. The molecule has 1 amide bonds. The number of hydrogen-bond acceptors (Lipinski definition) is 4. The van der Waals surface area contributed by atoms with Crippen LogP contribution in [0.3, 0.4) is 0 Å². The predicted molar refractivity (Wildman–Crippen MR) is 43.1 cm³/mol. The van der Waals surface area contributed by atoms with Crippen molar-refractivity contribution < 1.29 is 34.2 Å². The fraction of sp³-hybridized carbons (Fsp3) is 0.600. The number of aliphatic carboxylic acids is 1. The van der Waals surface area contributed by atoms with Crippen molar-refractivity contribution in [3.05, 3.63) is 0 Å². The summed E-state index contributed by atoms with van der Waals surface area (Å²) in [5.74, 6) is -2.81. The smallest absolute Gasteiger partial charge is 0.433 e. The molecule has 0 aromatic carbocycles. The predicted octanol–water partition coefficient (Wildman–Crippen LogP) is -1.63. The van der Waals surface area contributed by atoms with E-state index in [1.54, 1.807) is 0 Å². The largest absolute Gasteiger partial charge is 0.480 e.